The van der Waals surface area contributed by atoms with Crippen molar-refractivity contribution in [2.24, 2.45) is 0 Å². The Labute approximate surface area is 161 Å². The molecule has 0 aliphatic rings. The number of hydrogen-bond donors (Lipinski definition) is 0. The second-order valence-corrected chi connectivity index (χ2v) is 8.84. The first-order chi connectivity index (χ1) is 11.1. The molecule has 2 aromatic rings. The lowest BCUT2D eigenvalue weighted by Gasteiger charge is -2.22. The van der Waals surface area contributed by atoms with Crippen molar-refractivity contribution < 1.29 is 4.79 Å². The van der Waals surface area contributed by atoms with Crippen molar-refractivity contribution in [3.63, 3.8) is 0 Å². The van der Waals surface area contributed by atoms with Gasteiger partial charge in [0.15, 0.2) is 5.78 Å². The molecule has 0 fully saturated rings. The van der Waals surface area contributed by atoms with Gasteiger partial charge in [-0.1, -0.05) is 45.6 Å². The number of carbonyl (C=O) groups is 1. The molecule has 2 rings (SSSR count). The molecule has 24 heavy (non-hydrogen) atoms. The lowest BCUT2D eigenvalue weighted by Crippen LogP contribution is -2.15. The van der Waals surface area contributed by atoms with Crippen molar-refractivity contribution in [1.82, 2.24) is 0 Å². The number of hydrogen-bond acceptors (Lipinski definition) is 1. The minimum Gasteiger partial charge on any atom is -0.289 e. The minimum atomic E-state index is 0.0276. The zero-order valence-electron chi connectivity index (χ0n) is 14.8. The lowest BCUT2D eigenvalue weighted by molar-refractivity contribution is 0.103. The highest BCUT2D eigenvalue weighted by Gasteiger charge is 2.23. The number of halogens is 2. The van der Waals surface area contributed by atoms with E-state index in [-0.39, 0.29) is 11.2 Å². The maximum Gasteiger partial charge on any atom is 0.195 e. The van der Waals surface area contributed by atoms with E-state index in [1.807, 2.05) is 26.0 Å². The molecule has 0 saturated heterocycles. The monoisotopic (exact) mass is 448 g/mol. The molecule has 0 amide bonds. The highest BCUT2D eigenvalue weighted by atomic mass is 79.9. The number of carbonyl (C=O) groups excluding carboxylic acids is 1. The first-order valence-electron chi connectivity index (χ1n) is 7.84. The summed E-state index contributed by atoms with van der Waals surface area (Å²) in [5, 5.41) is 0. The predicted molar refractivity (Wildman–Crippen MR) is 110 cm³/mol. The summed E-state index contributed by atoms with van der Waals surface area (Å²) in [7, 11) is 0. The van der Waals surface area contributed by atoms with Crippen LogP contribution in [0.25, 0.3) is 6.08 Å². The van der Waals surface area contributed by atoms with E-state index < -0.39 is 0 Å². The molecule has 0 N–H and O–H groups in total. The van der Waals surface area contributed by atoms with Crippen LogP contribution in [-0.4, -0.2) is 5.78 Å². The Morgan fingerprint density at radius 3 is 1.79 bits per heavy atom. The second-order valence-electron chi connectivity index (χ2n) is 7.13. The summed E-state index contributed by atoms with van der Waals surface area (Å²) in [5.41, 5.74) is 5.71. The predicted octanol–water partition coefficient (Wildman–Crippen LogP) is 7.00. The molecule has 1 nitrogen and oxygen atoms in total. The molecule has 0 atom stereocenters. The first-order valence-corrected chi connectivity index (χ1v) is 9.42. The smallest absolute Gasteiger partial charge is 0.195 e. The second kappa shape index (κ2) is 6.97. The van der Waals surface area contributed by atoms with E-state index in [9.17, 15) is 4.79 Å². The van der Waals surface area contributed by atoms with Crippen LogP contribution in [0.1, 0.15) is 58.9 Å². The summed E-state index contributed by atoms with van der Waals surface area (Å²) in [4.78, 5) is 13.2. The largest absolute Gasteiger partial charge is 0.289 e. The van der Waals surface area contributed by atoms with Gasteiger partial charge in [-0.05, 0) is 85.5 Å². The standard InChI is InChI=1S/C21H22Br2O/c1-7-14-10-16(22)19(17(23)11-14)20(24)18-12(2)8-15(9-13(18)3)21(4,5)6/h7-11H,1H2,2-6H3. The molecule has 0 aromatic heterocycles. The Morgan fingerprint density at radius 2 is 1.42 bits per heavy atom. The first kappa shape index (κ1) is 19.1. The third-order valence-electron chi connectivity index (χ3n) is 4.15. The van der Waals surface area contributed by atoms with Crippen LogP contribution in [0.4, 0.5) is 0 Å². The van der Waals surface area contributed by atoms with Crippen LogP contribution in [0, 0.1) is 13.8 Å². The van der Waals surface area contributed by atoms with Crippen molar-refractivity contribution in [2.45, 2.75) is 40.0 Å². The quantitative estimate of drug-likeness (QED) is 0.461. The van der Waals surface area contributed by atoms with E-state index in [1.165, 1.54) is 5.56 Å². The summed E-state index contributed by atoms with van der Waals surface area (Å²) < 4.78 is 1.55. The average molecular weight is 450 g/mol. The van der Waals surface area contributed by atoms with E-state index in [0.29, 0.717) is 5.56 Å². The van der Waals surface area contributed by atoms with Crippen LogP contribution < -0.4 is 0 Å². The van der Waals surface area contributed by atoms with Crippen LogP contribution in [0.5, 0.6) is 0 Å². The van der Waals surface area contributed by atoms with E-state index in [4.69, 9.17) is 0 Å². The van der Waals surface area contributed by atoms with Crippen molar-refractivity contribution in [2.75, 3.05) is 0 Å². The zero-order valence-corrected chi connectivity index (χ0v) is 17.9. The van der Waals surface area contributed by atoms with Gasteiger partial charge in [0.1, 0.15) is 0 Å². The Balaban J connectivity index is 2.62. The van der Waals surface area contributed by atoms with Gasteiger partial charge in [0.25, 0.3) is 0 Å². The maximum atomic E-state index is 13.2. The molecule has 0 spiro atoms. The molecule has 0 bridgehead atoms. The summed E-state index contributed by atoms with van der Waals surface area (Å²) in [6.45, 7) is 14.4. The van der Waals surface area contributed by atoms with Crippen LogP contribution in [-0.2, 0) is 5.41 Å². The summed E-state index contributed by atoms with van der Waals surface area (Å²) in [6, 6.07) is 8.08. The topological polar surface area (TPSA) is 17.1 Å². The lowest BCUT2D eigenvalue weighted by atomic mass is 9.82. The molecule has 0 radical (unpaired) electrons. The van der Waals surface area contributed by atoms with Crippen molar-refractivity contribution >= 4 is 43.7 Å². The summed E-state index contributed by atoms with van der Waals surface area (Å²) in [5.74, 6) is 0.0276. The fourth-order valence-electron chi connectivity index (χ4n) is 2.81. The number of aryl methyl sites for hydroxylation is 2. The number of rotatable bonds is 3. The molecular weight excluding hydrogens is 428 g/mol. The Hall–Kier alpha value is -1.19. The van der Waals surface area contributed by atoms with Gasteiger partial charge in [-0.2, -0.15) is 0 Å². The Bertz CT molecular complexity index is 780. The molecule has 0 unspecified atom stereocenters. The van der Waals surface area contributed by atoms with Crippen molar-refractivity contribution in [3.05, 3.63) is 73.2 Å². The van der Waals surface area contributed by atoms with Crippen LogP contribution >= 0.6 is 31.9 Å². The molecule has 126 valence electrons. The van der Waals surface area contributed by atoms with Gasteiger partial charge in [0, 0.05) is 14.5 Å². The van der Waals surface area contributed by atoms with Gasteiger partial charge in [0.2, 0.25) is 0 Å². The molecular formula is C21H22Br2O. The van der Waals surface area contributed by atoms with Crippen molar-refractivity contribution in [3.8, 4) is 0 Å². The molecule has 0 aliphatic heterocycles. The van der Waals surface area contributed by atoms with Crippen molar-refractivity contribution in [1.29, 1.82) is 0 Å². The van der Waals surface area contributed by atoms with E-state index in [2.05, 4.69) is 71.3 Å². The van der Waals surface area contributed by atoms with Crippen LogP contribution in [0.15, 0.2) is 39.8 Å². The van der Waals surface area contributed by atoms with Gasteiger partial charge in [0.05, 0.1) is 5.56 Å². The SMILES string of the molecule is C=Cc1cc(Br)c(C(=O)c2c(C)cc(C(C)(C)C)cc2C)c(Br)c1. The zero-order chi connectivity index (χ0) is 18.2. The van der Waals surface area contributed by atoms with Crippen LogP contribution in [0.3, 0.4) is 0 Å². The molecule has 0 aliphatic carbocycles. The fourth-order valence-corrected chi connectivity index (χ4v) is 4.39. The molecule has 2 aromatic carbocycles. The van der Waals surface area contributed by atoms with Gasteiger partial charge in [-0.15, -0.1) is 0 Å². The van der Waals surface area contributed by atoms with Gasteiger partial charge in [-0.25, -0.2) is 0 Å². The van der Waals surface area contributed by atoms with Gasteiger partial charge >= 0.3 is 0 Å². The van der Waals surface area contributed by atoms with Gasteiger partial charge < -0.3 is 0 Å². The highest BCUT2D eigenvalue weighted by Crippen LogP contribution is 2.33. The van der Waals surface area contributed by atoms with Gasteiger partial charge in [-0.3, -0.25) is 4.79 Å². The summed E-state index contributed by atoms with van der Waals surface area (Å²) in [6.07, 6.45) is 1.76. The Morgan fingerprint density at radius 1 is 0.958 bits per heavy atom. The Kier molecular flexibility index (Phi) is 5.56. The number of benzene rings is 2. The maximum absolute atomic E-state index is 13.2. The molecule has 0 heterocycles. The average Bonchev–Trinajstić information content (AvgIpc) is 2.44. The fraction of sp³-hybridized carbons (Fsp3) is 0.286. The number of ketones is 1. The molecule has 0 saturated carbocycles. The third-order valence-corrected chi connectivity index (χ3v) is 5.40. The van der Waals surface area contributed by atoms with E-state index in [1.54, 1.807) is 6.08 Å². The highest BCUT2D eigenvalue weighted by molar-refractivity contribution is 9.11. The minimum absolute atomic E-state index is 0.0276. The van der Waals surface area contributed by atoms with Crippen LogP contribution in [0.2, 0.25) is 0 Å². The normalized spacial score (nSPS) is 11.5. The summed E-state index contributed by atoms with van der Waals surface area (Å²) >= 11 is 7.07. The third kappa shape index (κ3) is 3.73. The van der Waals surface area contributed by atoms with E-state index in [0.717, 1.165) is 31.2 Å². The van der Waals surface area contributed by atoms with E-state index >= 15 is 0 Å². The molecule has 3 heteroatoms.